The second-order valence-corrected chi connectivity index (χ2v) is 10.8. The van der Waals surface area contributed by atoms with Gasteiger partial charge >= 0.3 is 0 Å². The average molecular weight is 484 g/mol. The zero-order valence-corrected chi connectivity index (χ0v) is 22.7. The number of hydrogen-bond donors (Lipinski definition) is 1. The summed E-state index contributed by atoms with van der Waals surface area (Å²) in [7, 11) is 0. The Labute approximate surface area is 210 Å². The second-order valence-electron chi connectivity index (χ2n) is 10.8. The number of ether oxygens (including phenoxy) is 2. The number of pyridine rings is 2. The van der Waals surface area contributed by atoms with E-state index in [-0.39, 0.29) is 16.7 Å². The molecule has 2 aromatic rings. The fraction of sp³-hybridized carbons (Fsp3) is 0.517. The molecular formula is C29H42FN3O2. The molecule has 5 nitrogen and oxygen atoms in total. The first-order valence-corrected chi connectivity index (χ1v) is 12.3. The van der Waals surface area contributed by atoms with Crippen LogP contribution in [0.2, 0.25) is 0 Å². The Morgan fingerprint density at radius 2 is 1.80 bits per heavy atom. The molecule has 2 heterocycles. The number of hydrogen-bond acceptors (Lipinski definition) is 5. The third-order valence-corrected chi connectivity index (χ3v) is 5.58. The van der Waals surface area contributed by atoms with Gasteiger partial charge < -0.3 is 15.2 Å². The van der Waals surface area contributed by atoms with Crippen LogP contribution in [-0.4, -0.2) is 22.2 Å². The predicted octanol–water partition coefficient (Wildman–Crippen LogP) is 7.46. The van der Waals surface area contributed by atoms with Gasteiger partial charge in [-0.25, -0.2) is 9.37 Å². The van der Waals surface area contributed by atoms with Gasteiger partial charge in [0.15, 0.2) is 0 Å². The zero-order chi connectivity index (χ0) is 26.4. The minimum atomic E-state index is -0.454. The van der Waals surface area contributed by atoms with Crippen molar-refractivity contribution in [3.8, 4) is 17.0 Å². The van der Waals surface area contributed by atoms with E-state index in [1.54, 1.807) is 25.4 Å². The van der Waals surface area contributed by atoms with Gasteiger partial charge in [0.25, 0.3) is 0 Å². The van der Waals surface area contributed by atoms with Crippen molar-refractivity contribution in [3.05, 3.63) is 65.6 Å². The maximum Gasteiger partial charge on any atom is 0.213 e. The molecule has 192 valence electrons. The lowest BCUT2D eigenvalue weighted by molar-refractivity contribution is 0.00140. The van der Waals surface area contributed by atoms with E-state index in [1.807, 2.05) is 19.9 Å². The van der Waals surface area contributed by atoms with E-state index >= 15 is 0 Å². The van der Waals surface area contributed by atoms with Crippen LogP contribution in [0.3, 0.4) is 0 Å². The van der Waals surface area contributed by atoms with Gasteiger partial charge in [0, 0.05) is 35.6 Å². The lowest BCUT2D eigenvalue weighted by Crippen LogP contribution is -2.33. The fourth-order valence-corrected chi connectivity index (χ4v) is 3.74. The minimum absolute atomic E-state index is 0.258. The number of nitrogens with zero attached hydrogens (tertiary/aromatic N) is 2. The third kappa shape index (κ3) is 7.89. The quantitative estimate of drug-likeness (QED) is 0.327. The topological polar surface area (TPSA) is 70.3 Å². The Morgan fingerprint density at radius 1 is 1.17 bits per heavy atom. The van der Waals surface area contributed by atoms with E-state index in [4.69, 9.17) is 15.2 Å². The number of nitrogens with two attached hydrogens (primary N) is 1. The van der Waals surface area contributed by atoms with E-state index in [2.05, 4.69) is 51.2 Å². The first-order valence-electron chi connectivity index (χ1n) is 12.3. The normalized spacial score (nSPS) is 14.3. The highest BCUT2D eigenvalue weighted by Gasteiger charge is 2.34. The van der Waals surface area contributed by atoms with Crippen LogP contribution >= 0.6 is 0 Å². The largest absolute Gasteiger partial charge is 0.492 e. The van der Waals surface area contributed by atoms with Gasteiger partial charge in [-0.05, 0) is 91.9 Å². The first kappa shape index (κ1) is 28.5. The van der Waals surface area contributed by atoms with Gasteiger partial charge in [0.1, 0.15) is 23.8 Å². The summed E-state index contributed by atoms with van der Waals surface area (Å²) >= 11 is 0. The SMILES string of the molecule is C=CC.Cc1cc(OCC(C)(C)C(OC(C)(C)C)=C2CCC2)ncc1-c1cnc(C(C)N)c(F)c1. The molecule has 0 saturated heterocycles. The molecule has 35 heavy (non-hydrogen) atoms. The second kappa shape index (κ2) is 11.8. The minimum Gasteiger partial charge on any atom is -0.492 e. The van der Waals surface area contributed by atoms with Crippen molar-refractivity contribution < 1.29 is 13.9 Å². The number of halogens is 1. The molecule has 0 bridgehead atoms. The number of allylic oxidation sites excluding steroid dienone is 2. The smallest absolute Gasteiger partial charge is 0.213 e. The van der Waals surface area contributed by atoms with Crippen molar-refractivity contribution in [2.75, 3.05) is 6.61 Å². The molecule has 0 aromatic carbocycles. The molecule has 1 aliphatic rings. The summed E-state index contributed by atoms with van der Waals surface area (Å²) in [4.78, 5) is 8.65. The number of aromatic nitrogens is 2. The van der Waals surface area contributed by atoms with Crippen LogP contribution in [0.15, 0.2) is 48.5 Å². The van der Waals surface area contributed by atoms with Gasteiger partial charge in [-0.1, -0.05) is 6.08 Å². The van der Waals surface area contributed by atoms with Crippen molar-refractivity contribution in [2.45, 2.75) is 86.3 Å². The summed E-state index contributed by atoms with van der Waals surface area (Å²) < 4.78 is 26.8. The Balaban J connectivity index is 0.00000137. The van der Waals surface area contributed by atoms with Crippen LogP contribution in [0.5, 0.6) is 5.88 Å². The van der Waals surface area contributed by atoms with E-state index in [0.29, 0.717) is 18.1 Å². The van der Waals surface area contributed by atoms with Gasteiger partial charge in [-0.3, -0.25) is 4.98 Å². The standard InChI is InChI=1S/C26H36FN3O2.C3H6/c1-16-11-22(29-14-20(16)19-12-21(27)23(17(2)28)30-13-19)31-15-26(6,7)24(18-9-8-10-18)32-25(3,4)5;1-3-2/h11-14,17H,8-10,15,28H2,1-7H3;3H,1H2,2H3. The molecule has 0 spiro atoms. The van der Waals surface area contributed by atoms with E-state index in [0.717, 1.165) is 29.7 Å². The number of aryl methyl sites for hydroxylation is 1. The summed E-state index contributed by atoms with van der Waals surface area (Å²) in [5, 5.41) is 0. The summed E-state index contributed by atoms with van der Waals surface area (Å²) in [6, 6.07) is 2.88. The molecule has 1 aliphatic carbocycles. The summed E-state index contributed by atoms with van der Waals surface area (Å²) in [6.45, 7) is 19.9. The van der Waals surface area contributed by atoms with Gasteiger partial charge in [-0.2, -0.15) is 0 Å². The predicted molar refractivity (Wildman–Crippen MR) is 142 cm³/mol. The van der Waals surface area contributed by atoms with E-state index in [1.165, 1.54) is 18.1 Å². The number of rotatable bonds is 7. The van der Waals surface area contributed by atoms with Crippen LogP contribution < -0.4 is 10.5 Å². The molecule has 6 heteroatoms. The molecule has 0 amide bonds. The summed E-state index contributed by atoms with van der Waals surface area (Å²) in [6.07, 6.45) is 8.49. The first-order chi connectivity index (χ1) is 16.3. The van der Waals surface area contributed by atoms with Crippen molar-refractivity contribution >= 4 is 0 Å². The highest BCUT2D eigenvalue weighted by atomic mass is 19.1. The molecule has 0 radical (unpaired) electrons. The van der Waals surface area contributed by atoms with Crippen molar-refractivity contribution in [1.82, 2.24) is 9.97 Å². The van der Waals surface area contributed by atoms with Crippen LogP contribution in [0, 0.1) is 18.2 Å². The van der Waals surface area contributed by atoms with Crippen LogP contribution in [0.25, 0.3) is 11.1 Å². The van der Waals surface area contributed by atoms with Crippen molar-refractivity contribution in [2.24, 2.45) is 11.1 Å². The molecule has 1 fully saturated rings. The van der Waals surface area contributed by atoms with Gasteiger partial charge in [0.05, 0.1) is 11.1 Å². The van der Waals surface area contributed by atoms with Crippen LogP contribution in [-0.2, 0) is 4.74 Å². The fourth-order valence-electron chi connectivity index (χ4n) is 3.74. The molecule has 0 aliphatic heterocycles. The third-order valence-electron chi connectivity index (χ3n) is 5.58. The van der Waals surface area contributed by atoms with E-state index in [9.17, 15) is 4.39 Å². The summed E-state index contributed by atoms with van der Waals surface area (Å²) in [5.74, 6) is 1.17. The average Bonchev–Trinajstić information content (AvgIpc) is 2.70. The van der Waals surface area contributed by atoms with E-state index < -0.39 is 11.9 Å². The van der Waals surface area contributed by atoms with Crippen molar-refractivity contribution in [1.29, 1.82) is 0 Å². The zero-order valence-electron chi connectivity index (χ0n) is 22.7. The molecule has 2 N–H and O–H groups in total. The highest BCUT2D eigenvalue weighted by molar-refractivity contribution is 5.66. The van der Waals surface area contributed by atoms with Crippen molar-refractivity contribution in [3.63, 3.8) is 0 Å². The lowest BCUT2D eigenvalue weighted by atomic mass is 9.81. The Bertz CT molecular complexity index is 1050. The van der Waals surface area contributed by atoms with Gasteiger partial charge in [-0.15, -0.1) is 6.58 Å². The highest BCUT2D eigenvalue weighted by Crippen LogP contribution is 2.40. The Kier molecular flexibility index (Phi) is 9.61. The van der Waals surface area contributed by atoms with Crippen LogP contribution in [0.1, 0.15) is 85.0 Å². The van der Waals surface area contributed by atoms with Crippen LogP contribution in [0.4, 0.5) is 4.39 Å². The molecular weight excluding hydrogens is 441 g/mol. The monoisotopic (exact) mass is 483 g/mol. The molecule has 2 aromatic heterocycles. The molecule has 1 saturated carbocycles. The summed E-state index contributed by atoms with van der Waals surface area (Å²) in [5.41, 5.74) is 9.29. The molecule has 1 atom stereocenters. The maximum absolute atomic E-state index is 14.3. The Hall–Kier alpha value is -2.73. The van der Waals surface area contributed by atoms with Gasteiger partial charge in [0.2, 0.25) is 5.88 Å². The Morgan fingerprint density at radius 3 is 2.26 bits per heavy atom. The molecule has 3 rings (SSSR count). The molecule has 1 unspecified atom stereocenters. The lowest BCUT2D eigenvalue weighted by Gasteiger charge is -2.37. The maximum atomic E-state index is 14.3.